The second kappa shape index (κ2) is 8.39. The molecule has 0 bridgehead atoms. The fourth-order valence-electron chi connectivity index (χ4n) is 4.00. The van der Waals surface area contributed by atoms with Crippen LogP contribution in [0.25, 0.3) is 0 Å². The summed E-state index contributed by atoms with van der Waals surface area (Å²) in [5, 5.41) is 2.87. The lowest BCUT2D eigenvalue weighted by atomic mass is 9.84. The van der Waals surface area contributed by atoms with Gasteiger partial charge >= 0.3 is 6.09 Å². The molecule has 3 rings (SSSR count). The fourth-order valence-corrected chi connectivity index (χ4v) is 4.30. The Hall–Kier alpha value is -1.30. The topological polar surface area (TPSA) is 59.8 Å². The van der Waals surface area contributed by atoms with E-state index in [0.717, 1.165) is 6.42 Å². The molecule has 1 aromatic rings. The van der Waals surface area contributed by atoms with E-state index in [-0.39, 0.29) is 10.6 Å². The molecule has 25 heavy (non-hydrogen) atoms. The quantitative estimate of drug-likeness (QED) is 0.840. The van der Waals surface area contributed by atoms with Crippen LogP contribution >= 0.6 is 23.2 Å². The summed E-state index contributed by atoms with van der Waals surface area (Å²) < 4.78 is 5.33. The first-order chi connectivity index (χ1) is 12.0. The number of amides is 2. The summed E-state index contributed by atoms with van der Waals surface area (Å²) in [7, 11) is 0. The van der Waals surface area contributed by atoms with E-state index in [1.54, 1.807) is 4.90 Å². The minimum Gasteiger partial charge on any atom is -0.449 e. The predicted molar refractivity (Wildman–Crippen MR) is 96.3 cm³/mol. The van der Waals surface area contributed by atoms with E-state index in [0.29, 0.717) is 23.6 Å². The molecule has 136 valence electrons. The zero-order valence-electron chi connectivity index (χ0n) is 14.0. The summed E-state index contributed by atoms with van der Waals surface area (Å²) in [6.07, 6.45) is 5.29. The van der Waals surface area contributed by atoms with E-state index < -0.39 is 12.0 Å². The summed E-state index contributed by atoms with van der Waals surface area (Å²) >= 11 is 11.7. The number of halogens is 2. The molecule has 0 radical (unpaired) electrons. The normalized spacial score (nSPS) is 25.8. The largest absolute Gasteiger partial charge is 0.449 e. The molecule has 3 atom stereocenters. The Morgan fingerprint density at radius 2 is 1.92 bits per heavy atom. The molecule has 2 saturated heterocycles. The number of benzene rings is 1. The molecule has 2 heterocycles. The van der Waals surface area contributed by atoms with E-state index in [1.165, 1.54) is 57.0 Å². The maximum Gasteiger partial charge on any atom is 0.414 e. The number of carbonyl (C=O) groups is 2. The molecule has 0 aromatic heterocycles. The van der Waals surface area contributed by atoms with E-state index in [2.05, 4.69) is 5.32 Å². The van der Waals surface area contributed by atoms with Gasteiger partial charge in [0.25, 0.3) is 5.91 Å². The molecule has 0 spiro atoms. The SMILES string of the molecule is O=C(NC(=O)c1ccc(Cl)c(Cl)c1)OC[C@@H]1CCC[NH+]2CCCC[C@H]12. The molecule has 7 heteroatoms. The molecule has 2 fully saturated rings. The first-order valence-corrected chi connectivity index (χ1v) is 9.58. The number of quaternary nitrogens is 1. The number of imide groups is 1. The molecule has 2 amide bonds. The lowest BCUT2D eigenvalue weighted by molar-refractivity contribution is -0.940. The van der Waals surface area contributed by atoms with Gasteiger partial charge in [-0.15, -0.1) is 0 Å². The molecule has 5 nitrogen and oxygen atoms in total. The van der Waals surface area contributed by atoms with Crippen LogP contribution in [0.15, 0.2) is 18.2 Å². The zero-order valence-corrected chi connectivity index (χ0v) is 15.5. The Morgan fingerprint density at radius 3 is 2.72 bits per heavy atom. The Kier molecular flexibility index (Phi) is 6.20. The van der Waals surface area contributed by atoms with E-state index in [1.807, 2.05) is 0 Å². The van der Waals surface area contributed by atoms with Crippen LogP contribution in [0.3, 0.4) is 0 Å². The first-order valence-electron chi connectivity index (χ1n) is 8.82. The van der Waals surface area contributed by atoms with Crippen molar-refractivity contribution in [3.8, 4) is 0 Å². The second-order valence-electron chi connectivity index (χ2n) is 6.84. The summed E-state index contributed by atoms with van der Waals surface area (Å²) in [6.45, 7) is 2.82. The number of hydrogen-bond acceptors (Lipinski definition) is 3. The molecule has 0 saturated carbocycles. The van der Waals surface area contributed by atoms with Crippen molar-refractivity contribution in [3.05, 3.63) is 33.8 Å². The van der Waals surface area contributed by atoms with Crippen LogP contribution in [0.1, 0.15) is 42.5 Å². The van der Waals surface area contributed by atoms with E-state index in [4.69, 9.17) is 27.9 Å². The molecule has 1 unspecified atom stereocenters. The molecule has 2 N–H and O–H groups in total. The highest BCUT2D eigenvalue weighted by Crippen LogP contribution is 2.23. The van der Waals surface area contributed by atoms with Crippen molar-refractivity contribution in [2.75, 3.05) is 19.7 Å². The van der Waals surface area contributed by atoms with Crippen LogP contribution in [0.2, 0.25) is 10.0 Å². The molecule has 1 aromatic carbocycles. The Balaban J connectivity index is 1.50. The number of hydrogen-bond donors (Lipinski definition) is 2. The fraction of sp³-hybridized carbons (Fsp3) is 0.556. The predicted octanol–water partition coefficient (Wildman–Crippen LogP) is 2.71. The third kappa shape index (κ3) is 4.66. The van der Waals surface area contributed by atoms with Gasteiger partial charge in [0.2, 0.25) is 0 Å². The standard InChI is InChI=1S/C18H22Cl2N2O3/c19-14-7-6-12(10-15(14)20)17(23)21-18(24)25-11-13-4-3-9-22-8-2-1-5-16(13)22/h6-7,10,13,16H,1-5,8-9,11H2,(H,21,23,24)/p+1/t13-,16+/m0/s1. The van der Waals surface area contributed by atoms with Crippen molar-refractivity contribution in [1.29, 1.82) is 0 Å². The van der Waals surface area contributed by atoms with Crippen molar-refractivity contribution in [1.82, 2.24) is 5.32 Å². The minimum atomic E-state index is -0.709. The number of piperidine rings is 2. The Labute approximate surface area is 157 Å². The number of rotatable bonds is 3. The summed E-state index contributed by atoms with van der Waals surface area (Å²) in [6, 6.07) is 5.05. The second-order valence-corrected chi connectivity index (χ2v) is 7.66. The number of nitrogens with one attached hydrogen (secondary N) is 2. The summed E-state index contributed by atoms with van der Waals surface area (Å²) in [5.41, 5.74) is 0.270. The monoisotopic (exact) mass is 385 g/mol. The van der Waals surface area contributed by atoms with Crippen molar-refractivity contribution in [2.24, 2.45) is 5.92 Å². The van der Waals surface area contributed by atoms with Gasteiger partial charge in [0.1, 0.15) is 6.61 Å². The minimum absolute atomic E-state index is 0.269. The number of carbonyl (C=O) groups excluding carboxylic acids is 2. The van der Waals surface area contributed by atoms with E-state index in [9.17, 15) is 9.59 Å². The zero-order chi connectivity index (χ0) is 17.8. The molecule has 0 aliphatic carbocycles. The maximum atomic E-state index is 12.1. The summed E-state index contributed by atoms with van der Waals surface area (Å²) in [4.78, 5) is 25.7. The Bertz CT molecular complexity index is 651. The lowest BCUT2D eigenvalue weighted by Gasteiger charge is -2.40. The summed E-state index contributed by atoms with van der Waals surface area (Å²) in [5.74, 6) is -0.160. The third-order valence-corrected chi connectivity index (χ3v) is 5.99. The van der Waals surface area contributed by atoms with Gasteiger partial charge in [-0.3, -0.25) is 10.1 Å². The van der Waals surface area contributed by atoms with Crippen LogP contribution in [-0.2, 0) is 4.74 Å². The number of fused-ring (bicyclic) bond motifs is 1. The highest BCUT2D eigenvalue weighted by molar-refractivity contribution is 6.42. The van der Waals surface area contributed by atoms with Crippen molar-refractivity contribution in [3.63, 3.8) is 0 Å². The van der Waals surface area contributed by atoms with Crippen molar-refractivity contribution < 1.29 is 19.2 Å². The molecular formula is C18H23Cl2N2O3+. The van der Waals surface area contributed by atoms with E-state index >= 15 is 0 Å². The van der Waals surface area contributed by atoms with Gasteiger partial charge in [-0.25, -0.2) is 4.79 Å². The lowest BCUT2D eigenvalue weighted by Crippen LogP contribution is -3.18. The van der Waals surface area contributed by atoms with Crippen LogP contribution in [0.4, 0.5) is 4.79 Å². The van der Waals surface area contributed by atoms with Gasteiger partial charge in [0.05, 0.1) is 29.2 Å². The van der Waals surface area contributed by atoms with Gasteiger partial charge < -0.3 is 9.64 Å². The van der Waals surface area contributed by atoms with Gasteiger partial charge in [-0.2, -0.15) is 0 Å². The molecule has 2 aliphatic heterocycles. The van der Waals surface area contributed by atoms with Crippen LogP contribution < -0.4 is 10.2 Å². The van der Waals surface area contributed by atoms with Crippen LogP contribution in [-0.4, -0.2) is 37.7 Å². The van der Waals surface area contributed by atoms with Crippen molar-refractivity contribution >= 4 is 35.2 Å². The average Bonchev–Trinajstić information content (AvgIpc) is 2.62. The van der Waals surface area contributed by atoms with Crippen molar-refractivity contribution in [2.45, 2.75) is 38.1 Å². The average molecular weight is 386 g/mol. The molecule has 2 aliphatic rings. The first kappa shape index (κ1) is 18.5. The van der Waals surface area contributed by atoms with Gasteiger partial charge in [-0.1, -0.05) is 23.2 Å². The highest BCUT2D eigenvalue weighted by Gasteiger charge is 2.37. The number of alkyl carbamates (subject to hydrolysis) is 1. The molecular weight excluding hydrogens is 363 g/mol. The highest BCUT2D eigenvalue weighted by atomic mass is 35.5. The third-order valence-electron chi connectivity index (χ3n) is 5.26. The van der Waals surface area contributed by atoms with Crippen LogP contribution in [0, 0.1) is 5.92 Å². The maximum absolute atomic E-state index is 12.1. The van der Waals surface area contributed by atoms with Gasteiger partial charge in [0.15, 0.2) is 0 Å². The Morgan fingerprint density at radius 1 is 1.12 bits per heavy atom. The van der Waals surface area contributed by atoms with Gasteiger partial charge in [-0.05, 0) is 50.3 Å². The van der Waals surface area contributed by atoms with Gasteiger partial charge in [0, 0.05) is 11.5 Å². The van der Waals surface area contributed by atoms with Crippen LogP contribution in [0.5, 0.6) is 0 Å². The smallest absolute Gasteiger partial charge is 0.414 e. The number of ether oxygens (including phenoxy) is 1.